The molecule has 1 heterocycles. The first-order valence-corrected chi connectivity index (χ1v) is 10.6. The van der Waals surface area contributed by atoms with Gasteiger partial charge in [-0.05, 0) is 31.5 Å². The third-order valence-corrected chi connectivity index (χ3v) is 5.56. The van der Waals surface area contributed by atoms with Crippen molar-refractivity contribution in [3.8, 4) is 29.0 Å². The van der Waals surface area contributed by atoms with Crippen molar-refractivity contribution in [3.05, 3.63) is 70.8 Å². The van der Waals surface area contributed by atoms with E-state index < -0.39 is 0 Å². The third kappa shape index (κ3) is 4.85. The quantitative estimate of drug-likeness (QED) is 0.426. The van der Waals surface area contributed by atoms with Crippen LogP contribution >= 0.6 is 11.8 Å². The molecular formula is C24H20N4O2S. The Labute approximate surface area is 185 Å². The third-order valence-electron chi connectivity index (χ3n) is 4.58. The second kappa shape index (κ2) is 9.80. The van der Waals surface area contributed by atoms with Gasteiger partial charge in [-0.3, -0.25) is 4.79 Å². The first kappa shape index (κ1) is 21.9. The minimum Gasteiger partial charge on any atom is -0.494 e. The molecule has 0 fully saturated rings. The van der Waals surface area contributed by atoms with Crippen LogP contribution in [0.5, 0.6) is 5.75 Å². The number of aryl methyl sites for hydroxylation is 1. The number of carbonyl (C=O) groups is 1. The molecule has 3 aromatic rings. The van der Waals surface area contributed by atoms with E-state index in [9.17, 15) is 15.3 Å². The summed E-state index contributed by atoms with van der Waals surface area (Å²) in [5, 5.41) is 19.8. The van der Waals surface area contributed by atoms with Gasteiger partial charge in [0, 0.05) is 11.1 Å². The van der Waals surface area contributed by atoms with Crippen LogP contribution in [0.4, 0.5) is 5.82 Å². The number of thioether (sulfide) groups is 1. The summed E-state index contributed by atoms with van der Waals surface area (Å²) in [6, 6.07) is 18.6. The van der Waals surface area contributed by atoms with E-state index >= 15 is 0 Å². The van der Waals surface area contributed by atoms with E-state index in [0.29, 0.717) is 34.1 Å². The second-order valence-electron chi connectivity index (χ2n) is 6.69. The van der Waals surface area contributed by atoms with Crippen molar-refractivity contribution in [2.24, 2.45) is 0 Å². The number of aromatic nitrogens is 1. The molecule has 0 aliphatic rings. The fourth-order valence-electron chi connectivity index (χ4n) is 3.03. The van der Waals surface area contributed by atoms with E-state index in [1.54, 1.807) is 36.4 Å². The van der Waals surface area contributed by atoms with Crippen molar-refractivity contribution < 1.29 is 9.53 Å². The molecule has 2 aromatic carbocycles. The Hall–Kier alpha value is -3.81. The number of hydrogen-bond donors (Lipinski definition) is 1. The molecular weight excluding hydrogens is 408 g/mol. The van der Waals surface area contributed by atoms with E-state index in [1.165, 1.54) is 0 Å². The fourth-order valence-corrected chi connectivity index (χ4v) is 3.92. The minimum atomic E-state index is -0.0822. The summed E-state index contributed by atoms with van der Waals surface area (Å²) >= 11 is 1.13. The van der Waals surface area contributed by atoms with Gasteiger partial charge in [0.25, 0.3) is 0 Å². The molecule has 7 heteroatoms. The normalized spacial score (nSPS) is 10.2. The molecule has 0 aliphatic carbocycles. The van der Waals surface area contributed by atoms with Crippen LogP contribution in [0.1, 0.15) is 34.0 Å². The van der Waals surface area contributed by atoms with Crippen LogP contribution in [0.3, 0.4) is 0 Å². The lowest BCUT2D eigenvalue weighted by Gasteiger charge is -2.13. The Morgan fingerprint density at radius 3 is 2.29 bits per heavy atom. The number of carbonyl (C=O) groups excluding carboxylic acids is 1. The largest absolute Gasteiger partial charge is 0.494 e. The molecule has 6 nitrogen and oxygen atoms in total. The SMILES string of the molecule is CCOc1ccc(-c2c(C#N)c(N)nc(SCC(=O)c3ccc(C)cc3)c2C#N)cc1. The number of nitrogens with zero attached hydrogens (tertiary/aromatic N) is 3. The first-order chi connectivity index (χ1) is 15.0. The molecule has 31 heavy (non-hydrogen) atoms. The number of nitrogen functional groups attached to an aromatic ring is 1. The summed E-state index contributed by atoms with van der Waals surface area (Å²) in [4.78, 5) is 16.8. The fraction of sp³-hybridized carbons (Fsp3) is 0.167. The zero-order valence-electron chi connectivity index (χ0n) is 17.2. The average molecular weight is 429 g/mol. The number of benzene rings is 2. The van der Waals surface area contributed by atoms with E-state index in [0.717, 1.165) is 17.3 Å². The molecule has 154 valence electrons. The molecule has 0 radical (unpaired) electrons. The smallest absolute Gasteiger partial charge is 0.173 e. The van der Waals surface area contributed by atoms with E-state index in [4.69, 9.17) is 10.5 Å². The Bertz CT molecular complexity index is 1190. The highest BCUT2D eigenvalue weighted by Gasteiger charge is 2.21. The number of anilines is 1. The highest BCUT2D eigenvalue weighted by Crippen LogP contribution is 2.36. The Morgan fingerprint density at radius 2 is 1.71 bits per heavy atom. The number of ether oxygens (including phenoxy) is 1. The van der Waals surface area contributed by atoms with Gasteiger partial charge in [-0.2, -0.15) is 10.5 Å². The molecule has 0 unspecified atom stereocenters. The molecule has 0 spiro atoms. The van der Waals surface area contributed by atoms with Crippen LogP contribution in [0.2, 0.25) is 0 Å². The van der Waals surface area contributed by atoms with E-state index in [-0.39, 0.29) is 28.5 Å². The summed E-state index contributed by atoms with van der Waals surface area (Å²) < 4.78 is 5.46. The van der Waals surface area contributed by atoms with Crippen molar-refractivity contribution in [1.82, 2.24) is 4.98 Å². The predicted molar refractivity (Wildman–Crippen MR) is 121 cm³/mol. The molecule has 0 atom stereocenters. The van der Waals surface area contributed by atoms with E-state index in [1.807, 2.05) is 26.0 Å². The van der Waals surface area contributed by atoms with Crippen LogP contribution in [-0.4, -0.2) is 23.1 Å². The van der Waals surface area contributed by atoms with Crippen molar-refractivity contribution >= 4 is 23.4 Å². The number of nitriles is 2. The standard InChI is InChI=1S/C24H20N4O2S/c1-3-30-18-10-8-17(9-11-18)22-19(12-25)23(27)28-24(20(22)13-26)31-14-21(29)16-6-4-15(2)5-7-16/h4-11H,3,14H2,1-2H3,(H2,27,28). The molecule has 0 saturated carbocycles. The predicted octanol–water partition coefficient (Wildman–Crippen LogP) is 4.76. The van der Waals surface area contributed by atoms with Crippen molar-refractivity contribution in [1.29, 1.82) is 10.5 Å². The molecule has 1 aromatic heterocycles. The second-order valence-corrected chi connectivity index (χ2v) is 7.65. The highest BCUT2D eigenvalue weighted by atomic mass is 32.2. The summed E-state index contributed by atoms with van der Waals surface area (Å²) in [5.74, 6) is 0.721. The number of rotatable bonds is 7. The molecule has 0 saturated heterocycles. The van der Waals surface area contributed by atoms with Crippen molar-refractivity contribution in [2.75, 3.05) is 18.1 Å². The monoisotopic (exact) mass is 428 g/mol. The minimum absolute atomic E-state index is 0.0238. The maximum atomic E-state index is 12.6. The summed E-state index contributed by atoms with van der Waals surface area (Å²) in [5.41, 5.74) is 9.11. The molecule has 0 amide bonds. The maximum Gasteiger partial charge on any atom is 0.173 e. The Kier molecular flexibility index (Phi) is 6.92. The zero-order valence-corrected chi connectivity index (χ0v) is 18.0. The molecule has 0 aliphatic heterocycles. The molecule has 0 bridgehead atoms. The molecule has 2 N–H and O–H groups in total. The summed E-state index contributed by atoms with van der Waals surface area (Å²) in [6.07, 6.45) is 0. The lowest BCUT2D eigenvalue weighted by atomic mass is 9.97. The van der Waals surface area contributed by atoms with Gasteiger partial charge in [0.15, 0.2) is 5.78 Å². The zero-order chi connectivity index (χ0) is 22.4. The topological polar surface area (TPSA) is 113 Å². The Balaban J connectivity index is 1.98. The Morgan fingerprint density at radius 1 is 1.06 bits per heavy atom. The maximum absolute atomic E-state index is 12.6. The average Bonchev–Trinajstić information content (AvgIpc) is 2.78. The van der Waals surface area contributed by atoms with Crippen LogP contribution in [0.25, 0.3) is 11.1 Å². The van der Waals surface area contributed by atoms with Crippen LogP contribution in [0, 0.1) is 29.6 Å². The number of Topliss-reactive ketones (excluding diaryl/α,β-unsaturated/α-hetero) is 1. The summed E-state index contributed by atoms with van der Waals surface area (Å²) in [6.45, 7) is 4.37. The van der Waals surface area contributed by atoms with Crippen LogP contribution < -0.4 is 10.5 Å². The lowest BCUT2D eigenvalue weighted by Crippen LogP contribution is -2.06. The van der Waals surface area contributed by atoms with Gasteiger partial charge in [-0.15, -0.1) is 0 Å². The lowest BCUT2D eigenvalue weighted by molar-refractivity contribution is 0.102. The number of nitrogens with two attached hydrogens (primary N) is 1. The van der Waals surface area contributed by atoms with Crippen molar-refractivity contribution in [3.63, 3.8) is 0 Å². The van der Waals surface area contributed by atoms with E-state index in [2.05, 4.69) is 17.1 Å². The molecule has 3 rings (SSSR count). The van der Waals surface area contributed by atoms with Crippen LogP contribution in [-0.2, 0) is 0 Å². The summed E-state index contributed by atoms with van der Waals surface area (Å²) in [7, 11) is 0. The van der Waals surface area contributed by atoms with Crippen molar-refractivity contribution in [2.45, 2.75) is 18.9 Å². The van der Waals surface area contributed by atoms with Gasteiger partial charge >= 0.3 is 0 Å². The highest BCUT2D eigenvalue weighted by molar-refractivity contribution is 8.00. The van der Waals surface area contributed by atoms with Gasteiger partial charge in [-0.1, -0.05) is 53.7 Å². The van der Waals surface area contributed by atoms with Gasteiger partial charge in [0.2, 0.25) is 0 Å². The van der Waals surface area contributed by atoms with Gasteiger partial charge in [0.05, 0.1) is 17.9 Å². The number of pyridine rings is 1. The number of hydrogen-bond acceptors (Lipinski definition) is 7. The van der Waals surface area contributed by atoms with Gasteiger partial charge in [0.1, 0.15) is 34.3 Å². The van der Waals surface area contributed by atoms with Gasteiger partial charge < -0.3 is 10.5 Å². The first-order valence-electron chi connectivity index (χ1n) is 9.58. The van der Waals surface area contributed by atoms with Gasteiger partial charge in [-0.25, -0.2) is 4.98 Å². The van der Waals surface area contributed by atoms with Crippen LogP contribution in [0.15, 0.2) is 53.6 Å². The number of ketones is 1.